The van der Waals surface area contributed by atoms with Crippen LogP contribution >= 0.6 is 0 Å². The zero-order chi connectivity index (χ0) is 16.7. The first-order valence-corrected chi connectivity index (χ1v) is 6.03. The summed E-state index contributed by atoms with van der Waals surface area (Å²) in [4.78, 5) is 32.7. The first kappa shape index (κ1) is 17.0. The van der Waals surface area contributed by atoms with Crippen molar-refractivity contribution in [2.45, 2.75) is 12.5 Å². The Morgan fingerprint density at radius 3 is 2.50 bits per heavy atom. The summed E-state index contributed by atoms with van der Waals surface area (Å²) in [6.45, 7) is 0. The van der Waals surface area contributed by atoms with Crippen LogP contribution in [0.3, 0.4) is 0 Å². The van der Waals surface area contributed by atoms with Gasteiger partial charge in [-0.1, -0.05) is 6.07 Å². The first-order chi connectivity index (χ1) is 10.3. The number of phenolic OH excluding ortho intramolecular Hbond substituents is 1. The second kappa shape index (κ2) is 7.67. The maximum atomic E-state index is 11.5. The highest BCUT2D eigenvalue weighted by Gasteiger charge is 2.24. The fourth-order valence-electron chi connectivity index (χ4n) is 1.48. The number of carbonyl (C=O) groups excluding carboxylic acids is 1. The molecule has 22 heavy (non-hydrogen) atoms. The number of carbonyl (C=O) groups is 3. The Bertz CT molecular complexity index is 605. The van der Waals surface area contributed by atoms with Crippen molar-refractivity contribution < 1.29 is 39.2 Å². The number of carboxylic acid groups (broad SMARTS) is 2. The summed E-state index contributed by atoms with van der Waals surface area (Å²) in [6, 6.07) is 4.30. The third-order valence-corrected chi connectivity index (χ3v) is 2.51. The summed E-state index contributed by atoms with van der Waals surface area (Å²) >= 11 is 0. The monoisotopic (exact) mass is 310 g/mol. The molecule has 0 fully saturated rings. The molecule has 0 spiro atoms. The molecule has 8 nitrogen and oxygen atoms in total. The molecular formula is C14H14O8. The minimum Gasteiger partial charge on any atom is -0.504 e. The van der Waals surface area contributed by atoms with Crippen molar-refractivity contribution in [3.63, 3.8) is 0 Å². The van der Waals surface area contributed by atoms with Gasteiger partial charge in [0.25, 0.3) is 0 Å². The van der Waals surface area contributed by atoms with E-state index in [9.17, 15) is 19.5 Å². The number of hydrogen-bond donors (Lipinski definition) is 3. The fraction of sp³-hybridized carbons (Fsp3) is 0.214. The number of ether oxygens (including phenoxy) is 2. The lowest BCUT2D eigenvalue weighted by Gasteiger charge is -2.09. The molecule has 0 amide bonds. The van der Waals surface area contributed by atoms with Crippen molar-refractivity contribution in [1.29, 1.82) is 0 Å². The molecule has 1 atom stereocenters. The van der Waals surface area contributed by atoms with Crippen molar-refractivity contribution in [2.75, 3.05) is 7.11 Å². The normalized spacial score (nSPS) is 11.9. The molecule has 0 radical (unpaired) electrons. The Balaban J connectivity index is 2.74. The molecule has 0 aliphatic heterocycles. The van der Waals surface area contributed by atoms with Gasteiger partial charge in [0.2, 0.25) is 6.10 Å². The number of esters is 1. The molecule has 8 heteroatoms. The summed E-state index contributed by atoms with van der Waals surface area (Å²) < 4.78 is 9.43. The van der Waals surface area contributed by atoms with E-state index in [-0.39, 0.29) is 11.5 Å². The average molecular weight is 310 g/mol. The van der Waals surface area contributed by atoms with Crippen LogP contribution in [-0.4, -0.2) is 46.4 Å². The van der Waals surface area contributed by atoms with Crippen molar-refractivity contribution in [1.82, 2.24) is 0 Å². The Labute approximate surface area is 125 Å². The summed E-state index contributed by atoms with van der Waals surface area (Å²) in [5.41, 5.74) is 0.497. The standard InChI is InChI=1S/C14H14O8/c1-21-10-6-8(2-4-9(10)15)3-5-13(18)22-11(14(19)20)7-12(16)17/h2-6,11,15H,7H2,1H3,(H,16,17)(H,19,20)/b5-3-. The second-order valence-electron chi connectivity index (χ2n) is 4.13. The van der Waals surface area contributed by atoms with E-state index in [1.807, 2.05) is 0 Å². The molecule has 118 valence electrons. The first-order valence-electron chi connectivity index (χ1n) is 6.03. The van der Waals surface area contributed by atoms with Gasteiger partial charge in [0.1, 0.15) is 0 Å². The van der Waals surface area contributed by atoms with Gasteiger partial charge in [0, 0.05) is 6.08 Å². The Morgan fingerprint density at radius 2 is 1.95 bits per heavy atom. The van der Waals surface area contributed by atoms with E-state index in [1.165, 1.54) is 31.4 Å². The lowest BCUT2D eigenvalue weighted by Crippen LogP contribution is -2.28. The number of rotatable bonds is 7. The van der Waals surface area contributed by atoms with Crippen LogP contribution in [0.1, 0.15) is 12.0 Å². The highest BCUT2D eigenvalue weighted by molar-refractivity contribution is 5.90. The zero-order valence-corrected chi connectivity index (χ0v) is 11.6. The van der Waals surface area contributed by atoms with Crippen molar-refractivity contribution in [2.24, 2.45) is 0 Å². The molecule has 0 saturated carbocycles. The molecular weight excluding hydrogens is 296 g/mol. The van der Waals surface area contributed by atoms with Gasteiger partial charge >= 0.3 is 17.9 Å². The molecule has 0 heterocycles. The Hall–Kier alpha value is -3.03. The summed E-state index contributed by atoms with van der Waals surface area (Å²) in [5.74, 6) is -3.82. The third-order valence-electron chi connectivity index (χ3n) is 2.51. The number of carboxylic acids is 2. The minimum atomic E-state index is -1.76. The highest BCUT2D eigenvalue weighted by atomic mass is 16.6. The Kier molecular flexibility index (Phi) is 5.94. The molecule has 1 aromatic carbocycles. The van der Waals surface area contributed by atoms with Gasteiger partial charge in [-0.3, -0.25) is 4.79 Å². The smallest absolute Gasteiger partial charge is 0.345 e. The van der Waals surface area contributed by atoms with E-state index in [0.29, 0.717) is 5.56 Å². The van der Waals surface area contributed by atoms with E-state index in [0.717, 1.165) is 6.08 Å². The predicted octanol–water partition coefficient (Wildman–Crippen LogP) is 0.885. The van der Waals surface area contributed by atoms with Gasteiger partial charge in [0.05, 0.1) is 13.5 Å². The van der Waals surface area contributed by atoms with Gasteiger partial charge in [-0.25, -0.2) is 9.59 Å². The molecule has 3 N–H and O–H groups in total. The maximum Gasteiger partial charge on any atom is 0.345 e. The van der Waals surface area contributed by atoms with E-state index in [2.05, 4.69) is 4.74 Å². The molecule has 0 saturated heterocycles. The van der Waals surface area contributed by atoms with Crippen molar-refractivity contribution >= 4 is 24.0 Å². The van der Waals surface area contributed by atoms with Gasteiger partial charge < -0.3 is 24.8 Å². The number of phenols is 1. The van der Waals surface area contributed by atoms with E-state index >= 15 is 0 Å². The minimum absolute atomic E-state index is 0.0744. The predicted molar refractivity (Wildman–Crippen MR) is 73.5 cm³/mol. The quantitative estimate of drug-likeness (QED) is 0.500. The number of aromatic hydroxyl groups is 1. The highest BCUT2D eigenvalue weighted by Crippen LogP contribution is 2.26. The molecule has 1 aromatic rings. The van der Waals surface area contributed by atoms with Gasteiger partial charge in [-0.2, -0.15) is 0 Å². The van der Waals surface area contributed by atoms with Crippen molar-refractivity contribution in [3.05, 3.63) is 29.8 Å². The third kappa shape index (κ3) is 5.16. The largest absolute Gasteiger partial charge is 0.504 e. The number of hydrogen-bond acceptors (Lipinski definition) is 6. The van der Waals surface area contributed by atoms with Crippen LogP contribution in [0.25, 0.3) is 6.08 Å². The van der Waals surface area contributed by atoms with Crippen LogP contribution in [0.4, 0.5) is 0 Å². The average Bonchev–Trinajstić information content (AvgIpc) is 2.45. The van der Waals surface area contributed by atoms with E-state index in [4.69, 9.17) is 14.9 Å². The summed E-state index contributed by atoms with van der Waals surface area (Å²) in [5, 5.41) is 26.7. The topological polar surface area (TPSA) is 130 Å². The van der Waals surface area contributed by atoms with Gasteiger partial charge in [-0.15, -0.1) is 0 Å². The molecule has 0 aromatic heterocycles. The summed E-state index contributed by atoms with van der Waals surface area (Å²) in [6.07, 6.45) is -0.334. The SMILES string of the molecule is COc1cc(/C=C\C(=O)OC(CC(=O)O)C(=O)O)ccc1O. The van der Waals surface area contributed by atoms with Crippen LogP contribution in [0.15, 0.2) is 24.3 Å². The van der Waals surface area contributed by atoms with E-state index in [1.54, 1.807) is 0 Å². The van der Waals surface area contributed by atoms with Crippen LogP contribution in [0.5, 0.6) is 11.5 Å². The number of benzene rings is 1. The zero-order valence-electron chi connectivity index (χ0n) is 11.6. The van der Waals surface area contributed by atoms with Gasteiger partial charge in [-0.05, 0) is 23.8 Å². The van der Waals surface area contributed by atoms with Gasteiger partial charge in [0.15, 0.2) is 11.5 Å². The fourth-order valence-corrected chi connectivity index (χ4v) is 1.48. The molecule has 0 aliphatic rings. The second-order valence-corrected chi connectivity index (χ2v) is 4.13. The van der Waals surface area contributed by atoms with E-state index < -0.39 is 30.4 Å². The molecule has 0 aliphatic carbocycles. The maximum absolute atomic E-state index is 11.5. The number of methoxy groups -OCH3 is 1. The van der Waals surface area contributed by atoms with Crippen LogP contribution < -0.4 is 4.74 Å². The van der Waals surface area contributed by atoms with Crippen LogP contribution in [0.2, 0.25) is 0 Å². The molecule has 1 unspecified atom stereocenters. The van der Waals surface area contributed by atoms with Crippen molar-refractivity contribution in [3.8, 4) is 11.5 Å². The number of aliphatic carboxylic acids is 2. The van der Waals surface area contributed by atoms with Crippen LogP contribution in [0, 0.1) is 0 Å². The molecule has 1 rings (SSSR count). The Morgan fingerprint density at radius 1 is 1.27 bits per heavy atom. The summed E-state index contributed by atoms with van der Waals surface area (Å²) in [7, 11) is 1.36. The lowest BCUT2D eigenvalue weighted by molar-refractivity contribution is -0.164. The lowest BCUT2D eigenvalue weighted by atomic mass is 10.2. The molecule has 0 bridgehead atoms. The van der Waals surface area contributed by atoms with Crippen LogP contribution in [-0.2, 0) is 19.1 Å².